The third-order valence-electron chi connectivity index (χ3n) is 6.55. The normalized spacial score (nSPS) is 11.6. The number of hydrogen-bond acceptors (Lipinski definition) is 5. The fourth-order valence-corrected chi connectivity index (χ4v) is 4.38. The van der Waals surface area contributed by atoms with E-state index < -0.39 is 0 Å². The van der Waals surface area contributed by atoms with Gasteiger partial charge in [0.15, 0.2) is 23.0 Å². The Morgan fingerprint density at radius 2 is 1.08 bits per heavy atom. The van der Waals surface area contributed by atoms with Crippen LogP contribution in [0.15, 0.2) is 97.1 Å². The van der Waals surface area contributed by atoms with E-state index in [2.05, 4.69) is 6.07 Å². The Bertz CT molecular complexity index is 1260. The van der Waals surface area contributed by atoms with Crippen LogP contribution in [0.3, 0.4) is 0 Å². The molecule has 4 aromatic rings. The van der Waals surface area contributed by atoms with Gasteiger partial charge in [-0.05, 0) is 71.7 Å². The number of ether oxygens (including phenoxy) is 4. The summed E-state index contributed by atoms with van der Waals surface area (Å²) in [7, 11) is 3.31. The Hall–Kier alpha value is -3.96. The zero-order valence-electron chi connectivity index (χ0n) is 22.1. The molecule has 0 radical (unpaired) electrons. The van der Waals surface area contributed by atoms with Gasteiger partial charge < -0.3 is 24.1 Å². The predicted molar refractivity (Wildman–Crippen MR) is 150 cm³/mol. The SMILES string of the molecule is COc1cc(CC[C@@H](CO)Cc2ccc(OCc3ccccc3)c(OC)c2)ccc1OCc1ccccc1. The lowest BCUT2D eigenvalue weighted by Crippen LogP contribution is -2.11. The standard InChI is InChI=1S/C33H36O5/c1-35-32-20-25(15-17-30(32)37-23-26-9-5-3-6-10-26)13-14-29(22-34)19-28-16-18-31(33(21-28)36-2)38-24-27-11-7-4-8-12-27/h3-12,15-18,20-21,29,34H,13-14,19,22-24H2,1-2H3/t29-/m1/s1. The smallest absolute Gasteiger partial charge is 0.161 e. The maximum Gasteiger partial charge on any atom is 0.161 e. The molecular formula is C33H36O5. The second kappa shape index (κ2) is 14.1. The van der Waals surface area contributed by atoms with Crippen molar-refractivity contribution < 1.29 is 24.1 Å². The molecule has 1 atom stereocenters. The number of aliphatic hydroxyl groups excluding tert-OH is 1. The number of benzene rings is 4. The summed E-state index contributed by atoms with van der Waals surface area (Å²) in [6.45, 7) is 1.09. The minimum atomic E-state index is 0.115. The molecule has 0 aliphatic carbocycles. The maximum absolute atomic E-state index is 10.1. The van der Waals surface area contributed by atoms with E-state index in [1.54, 1.807) is 14.2 Å². The van der Waals surface area contributed by atoms with Crippen molar-refractivity contribution in [2.75, 3.05) is 20.8 Å². The molecular weight excluding hydrogens is 476 g/mol. The summed E-state index contributed by atoms with van der Waals surface area (Å²) in [4.78, 5) is 0. The van der Waals surface area contributed by atoms with Gasteiger partial charge in [-0.2, -0.15) is 0 Å². The zero-order valence-corrected chi connectivity index (χ0v) is 22.1. The molecule has 4 rings (SSSR count). The van der Waals surface area contributed by atoms with Crippen molar-refractivity contribution in [3.63, 3.8) is 0 Å². The first-order valence-corrected chi connectivity index (χ1v) is 13.0. The molecule has 1 N–H and O–H groups in total. The summed E-state index contributed by atoms with van der Waals surface area (Å²) in [5.74, 6) is 2.97. The van der Waals surface area contributed by atoms with Crippen molar-refractivity contribution in [2.24, 2.45) is 5.92 Å². The van der Waals surface area contributed by atoms with E-state index >= 15 is 0 Å². The highest BCUT2D eigenvalue weighted by Gasteiger charge is 2.14. The van der Waals surface area contributed by atoms with Crippen molar-refractivity contribution in [1.29, 1.82) is 0 Å². The molecule has 0 saturated carbocycles. The number of hydrogen-bond donors (Lipinski definition) is 1. The lowest BCUT2D eigenvalue weighted by molar-refractivity contribution is 0.218. The molecule has 5 nitrogen and oxygen atoms in total. The fraction of sp³-hybridized carbons (Fsp3) is 0.273. The largest absolute Gasteiger partial charge is 0.493 e. The van der Waals surface area contributed by atoms with Gasteiger partial charge in [0.05, 0.1) is 14.2 Å². The van der Waals surface area contributed by atoms with Crippen LogP contribution in [0, 0.1) is 5.92 Å². The van der Waals surface area contributed by atoms with Gasteiger partial charge in [0.25, 0.3) is 0 Å². The topological polar surface area (TPSA) is 57.2 Å². The van der Waals surface area contributed by atoms with Crippen LogP contribution in [0.1, 0.15) is 28.7 Å². The average Bonchev–Trinajstić information content (AvgIpc) is 2.98. The molecule has 0 unspecified atom stereocenters. The molecule has 198 valence electrons. The van der Waals surface area contributed by atoms with E-state index in [1.807, 2.05) is 91.0 Å². The first-order chi connectivity index (χ1) is 18.7. The monoisotopic (exact) mass is 512 g/mol. The third kappa shape index (κ3) is 7.77. The predicted octanol–water partition coefficient (Wildman–Crippen LogP) is 6.65. The quantitative estimate of drug-likeness (QED) is 0.205. The molecule has 4 aromatic carbocycles. The van der Waals surface area contributed by atoms with Gasteiger partial charge in [0.1, 0.15) is 13.2 Å². The van der Waals surface area contributed by atoms with Crippen molar-refractivity contribution in [3.05, 3.63) is 119 Å². The molecule has 0 bridgehead atoms. The molecule has 38 heavy (non-hydrogen) atoms. The van der Waals surface area contributed by atoms with Gasteiger partial charge in [-0.25, -0.2) is 0 Å². The molecule has 0 amide bonds. The highest BCUT2D eigenvalue weighted by molar-refractivity contribution is 5.44. The molecule has 0 aliphatic rings. The number of rotatable bonds is 14. The third-order valence-corrected chi connectivity index (χ3v) is 6.55. The zero-order chi connectivity index (χ0) is 26.6. The van der Waals surface area contributed by atoms with Crippen LogP contribution < -0.4 is 18.9 Å². The van der Waals surface area contributed by atoms with Crippen LogP contribution in [-0.2, 0) is 26.1 Å². The van der Waals surface area contributed by atoms with Crippen LogP contribution in [0.2, 0.25) is 0 Å². The van der Waals surface area contributed by atoms with Gasteiger partial charge >= 0.3 is 0 Å². The maximum atomic E-state index is 10.1. The highest BCUT2D eigenvalue weighted by Crippen LogP contribution is 2.32. The molecule has 0 saturated heterocycles. The van der Waals surface area contributed by atoms with Crippen LogP contribution in [0.5, 0.6) is 23.0 Å². The van der Waals surface area contributed by atoms with Crippen LogP contribution in [0.4, 0.5) is 0 Å². The van der Waals surface area contributed by atoms with Crippen LogP contribution in [-0.4, -0.2) is 25.9 Å². The van der Waals surface area contributed by atoms with E-state index in [0.29, 0.717) is 24.7 Å². The van der Waals surface area contributed by atoms with Crippen LogP contribution >= 0.6 is 0 Å². The summed E-state index contributed by atoms with van der Waals surface area (Å²) in [6, 6.07) is 32.2. The second-order valence-electron chi connectivity index (χ2n) is 9.31. The van der Waals surface area contributed by atoms with Crippen LogP contribution in [0.25, 0.3) is 0 Å². The molecule has 0 spiro atoms. The summed E-state index contributed by atoms with van der Waals surface area (Å²) in [5, 5.41) is 10.1. The van der Waals surface area contributed by atoms with Crippen molar-refractivity contribution in [1.82, 2.24) is 0 Å². The Morgan fingerprint density at radius 3 is 1.58 bits per heavy atom. The lowest BCUT2D eigenvalue weighted by Gasteiger charge is -2.17. The number of aliphatic hydroxyl groups is 1. The molecule has 0 aromatic heterocycles. The lowest BCUT2D eigenvalue weighted by atomic mass is 9.93. The second-order valence-corrected chi connectivity index (χ2v) is 9.31. The Labute approximate surface area is 225 Å². The molecule has 0 heterocycles. The summed E-state index contributed by atoms with van der Waals surface area (Å²) in [6.07, 6.45) is 2.43. The van der Waals surface area contributed by atoms with Gasteiger partial charge in [-0.3, -0.25) is 0 Å². The summed E-state index contributed by atoms with van der Waals surface area (Å²) < 4.78 is 23.1. The molecule has 0 aliphatic heterocycles. The Kier molecular flexibility index (Phi) is 10.1. The van der Waals surface area contributed by atoms with E-state index in [-0.39, 0.29) is 12.5 Å². The van der Waals surface area contributed by atoms with Crippen molar-refractivity contribution in [3.8, 4) is 23.0 Å². The first kappa shape index (κ1) is 27.1. The average molecular weight is 513 g/mol. The van der Waals surface area contributed by atoms with Crippen molar-refractivity contribution in [2.45, 2.75) is 32.5 Å². The first-order valence-electron chi connectivity index (χ1n) is 13.0. The van der Waals surface area contributed by atoms with Gasteiger partial charge in [0.2, 0.25) is 0 Å². The minimum Gasteiger partial charge on any atom is -0.493 e. The summed E-state index contributed by atoms with van der Waals surface area (Å²) >= 11 is 0. The highest BCUT2D eigenvalue weighted by atomic mass is 16.5. The molecule has 5 heteroatoms. The summed E-state index contributed by atoms with van der Waals surface area (Å²) in [5.41, 5.74) is 4.47. The van der Waals surface area contributed by atoms with E-state index in [4.69, 9.17) is 18.9 Å². The Morgan fingerprint density at radius 1 is 0.579 bits per heavy atom. The number of aryl methyl sites for hydroxylation is 1. The fourth-order valence-electron chi connectivity index (χ4n) is 4.38. The Balaban J connectivity index is 1.33. The van der Waals surface area contributed by atoms with Crippen molar-refractivity contribution >= 4 is 0 Å². The molecule has 0 fully saturated rings. The number of methoxy groups -OCH3 is 2. The minimum absolute atomic E-state index is 0.115. The van der Waals surface area contributed by atoms with Gasteiger partial charge in [-0.1, -0.05) is 72.8 Å². The van der Waals surface area contributed by atoms with E-state index in [0.717, 1.165) is 53.0 Å². The van der Waals surface area contributed by atoms with E-state index in [9.17, 15) is 5.11 Å². The van der Waals surface area contributed by atoms with Gasteiger partial charge in [-0.15, -0.1) is 0 Å². The van der Waals surface area contributed by atoms with E-state index in [1.165, 1.54) is 0 Å². The van der Waals surface area contributed by atoms with Gasteiger partial charge in [0, 0.05) is 6.61 Å².